The molecule has 0 amide bonds. The first-order valence-corrected chi connectivity index (χ1v) is 10.7. The second-order valence-electron chi connectivity index (χ2n) is 7.27. The van der Waals surface area contributed by atoms with Gasteiger partial charge in [-0.25, -0.2) is 0 Å². The number of hydrogen-bond acceptors (Lipinski definition) is 7. The number of anilines is 3. The van der Waals surface area contributed by atoms with E-state index in [0.29, 0.717) is 43.0 Å². The molecule has 2 heterocycles. The topological polar surface area (TPSA) is 107 Å². The minimum atomic E-state index is -0.491. The number of nitrogens with one attached hydrogen (secondary N) is 2. The Kier molecular flexibility index (Phi) is 5.58. The second-order valence-corrected chi connectivity index (χ2v) is 8.70. The molecule has 0 spiro atoms. The highest BCUT2D eigenvalue weighted by atomic mass is 35.5. The molecule has 3 aromatic rings. The van der Waals surface area contributed by atoms with Crippen molar-refractivity contribution in [2.24, 2.45) is 0 Å². The van der Waals surface area contributed by atoms with Crippen molar-refractivity contribution >= 4 is 50.9 Å². The molecule has 6 nitrogen and oxygen atoms in total. The Balaban J connectivity index is 1.90. The number of fused-ring (bicyclic) bond motifs is 1. The predicted octanol–water partition coefficient (Wildman–Crippen LogP) is 5.54. The number of halogens is 1. The lowest BCUT2D eigenvalue weighted by molar-refractivity contribution is -0.113. The number of rotatable bonds is 5. The molecule has 4 N–H and O–H groups in total. The molecular weight excluding hydrogens is 434 g/mol. The van der Waals surface area contributed by atoms with Crippen LogP contribution in [-0.2, 0) is 4.79 Å². The number of nitrogens with two attached hydrogens (primary N) is 1. The highest BCUT2D eigenvalue weighted by Crippen LogP contribution is 2.51. The van der Waals surface area contributed by atoms with Gasteiger partial charge in [-0.05, 0) is 37.6 Å². The Morgan fingerprint density at radius 3 is 2.61 bits per heavy atom. The molecule has 0 saturated heterocycles. The third-order valence-electron chi connectivity index (χ3n) is 5.31. The normalized spacial score (nSPS) is 15.3. The van der Waals surface area contributed by atoms with Crippen molar-refractivity contribution in [3.05, 3.63) is 91.6 Å². The summed E-state index contributed by atoms with van der Waals surface area (Å²) >= 11 is 7.72. The van der Waals surface area contributed by atoms with Crippen LogP contribution in [0.5, 0.6) is 0 Å². The number of carbonyl (C=O) groups excluding carboxylic acids is 2. The van der Waals surface area contributed by atoms with E-state index in [1.54, 1.807) is 29.7 Å². The number of Topliss-reactive ketones (excluding diaryl/α,β-unsaturated/α-hetero) is 1. The Bertz CT molecular complexity index is 1250. The average Bonchev–Trinajstić information content (AvgIpc) is 3.08. The van der Waals surface area contributed by atoms with E-state index in [1.807, 2.05) is 25.1 Å². The smallest absolute Gasteiger partial charge is 0.205 e. The molecule has 1 aliphatic heterocycles. The van der Waals surface area contributed by atoms with Crippen LogP contribution < -0.4 is 16.5 Å². The quantitative estimate of drug-likeness (QED) is 0.346. The largest absolute Gasteiger partial charge is 0.761 e. The molecule has 0 saturated carbocycles. The number of ketones is 2. The summed E-state index contributed by atoms with van der Waals surface area (Å²) in [7, 11) is 0. The predicted molar refractivity (Wildman–Crippen MR) is 126 cm³/mol. The van der Waals surface area contributed by atoms with E-state index >= 15 is 0 Å². The van der Waals surface area contributed by atoms with Crippen molar-refractivity contribution in [1.82, 2.24) is 0 Å². The standard InChI is InChI=1S/C23H19ClN3O3S/c1-11-17(12(2)28)18(15-8-3-4-9-16(15)24)19-20(25)22(31-23(19)26-11)21(29)13-6-5-7-14(10-13)27-30/h3-10,18,26-27H,25H2,1-2H3/q-1. The number of nitrogen functional groups attached to an aromatic ring is 1. The van der Waals surface area contributed by atoms with E-state index in [0.717, 1.165) is 5.56 Å². The van der Waals surface area contributed by atoms with Crippen molar-refractivity contribution < 1.29 is 9.59 Å². The lowest BCUT2D eigenvalue weighted by Gasteiger charge is -2.29. The monoisotopic (exact) mass is 452 g/mol. The number of carbonyl (C=O) groups is 2. The SMILES string of the molecule is CC(=O)C1=C(C)Nc2sc(C(=O)c3cccc(N[O-])c3)c(N)c2C1c1ccccc1Cl. The lowest BCUT2D eigenvalue weighted by atomic mass is 9.80. The first-order valence-electron chi connectivity index (χ1n) is 9.51. The second kappa shape index (κ2) is 8.19. The maximum absolute atomic E-state index is 13.2. The Morgan fingerprint density at radius 2 is 1.94 bits per heavy atom. The van der Waals surface area contributed by atoms with Gasteiger partial charge in [0, 0.05) is 39.0 Å². The van der Waals surface area contributed by atoms with Gasteiger partial charge in [0.05, 0.1) is 10.7 Å². The molecule has 1 aromatic heterocycles. The molecule has 1 unspecified atom stereocenters. The van der Waals surface area contributed by atoms with E-state index in [-0.39, 0.29) is 17.3 Å². The summed E-state index contributed by atoms with van der Waals surface area (Å²) in [6.07, 6.45) is 0. The first-order chi connectivity index (χ1) is 14.8. The van der Waals surface area contributed by atoms with E-state index in [4.69, 9.17) is 17.3 Å². The molecule has 8 heteroatoms. The van der Waals surface area contributed by atoms with Gasteiger partial charge in [0.1, 0.15) is 4.88 Å². The molecule has 0 bridgehead atoms. The van der Waals surface area contributed by atoms with Gasteiger partial charge in [-0.2, -0.15) is 0 Å². The molecular formula is C23H19ClN3O3S-. The van der Waals surface area contributed by atoms with Crippen LogP contribution in [0.25, 0.3) is 0 Å². The summed E-state index contributed by atoms with van der Waals surface area (Å²) in [4.78, 5) is 26.1. The number of benzene rings is 2. The number of allylic oxidation sites excluding steroid dienone is 2. The molecule has 0 aliphatic carbocycles. The van der Waals surface area contributed by atoms with Crippen LogP contribution in [0.3, 0.4) is 0 Å². The van der Waals surface area contributed by atoms with Crippen LogP contribution in [0.15, 0.2) is 59.8 Å². The van der Waals surface area contributed by atoms with Gasteiger partial charge in [0.15, 0.2) is 5.78 Å². The van der Waals surface area contributed by atoms with Crippen LogP contribution >= 0.6 is 22.9 Å². The van der Waals surface area contributed by atoms with Gasteiger partial charge in [-0.3, -0.25) is 9.59 Å². The Hall–Kier alpha value is -3.13. The van der Waals surface area contributed by atoms with Crippen molar-refractivity contribution in [2.45, 2.75) is 19.8 Å². The van der Waals surface area contributed by atoms with Crippen LogP contribution in [0.4, 0.5) is 16.4 Å². The minimum Gasteiger partial charge on any atom is -0.761 e. The zero-order valence-electron chi connectivity index (χ0n) is 16.8. The molecule has 0 fully saturated rings. The van der Waals surface area contributed by atoms with Crippen molar-refractivity contribution in [3.63, 3.8) is 0 Å². The van der Waals surface area contributed by atoms with Gasteiger partial charge in [-0.1, -0.05) is 41.9 Å². The summed E-state index contributed by atoms with van der Waals surface area (Å²) in [5.41, 5.74) is 11.9. The zero-order chi connectivity index (χ0) is 22.3. The summed E-state index contributed by atoms with van der Waals surface area (Å²) in [6, 6.07) is 13.6. The highest BCUT2D eigenvalue weighted by molar-refractivity contribution is 7.19. The van der Waals surface area contributed by atoms with Crippen LogP contribution in [0.1, 0.15) is 46.1 Å². The van der Waals surface area contributed by atoms with Gasteiger partial charge in [0.25, 0.3) is 0 Å². The maximum atomic E-state index is 13.2. The lowest BCUT2D eigenvalue weighted by Crippen LogP contribution is -2.21. The summed E-state index contributed by atoms with van der Waals surface area (Å²) in [6.45, 7) is 3.33. The minimum absolute atomic E-state index is 0.103. The number of hydrogen-bond donors (Lipinski definition) is 3. The third-order valence-corrected chi connectivity index (χ3v) is 6.79. The van der Waals surface area contributed by atoms with Crippen LogP contribution in [0.2, 0.25) is 5.02 Å². The van der Waals surface area contributed by atoms with Crippen LogP contribution in [-0.4, -0.2) is 11.6 Å². The van der Waals surface area contributed by atoms with Gasteiger partial charge < -0.3 is 21.7 Å². The Morgan fingerprint density at radius 1 is 1.19 bits per heavy atom. The van der Waals surface area contributed by atoms with E-state index in [1.165, 1.54) is 24.3 Å². The molecule has 1 atom stereocenters. The van der Waals surface area contributed by atoms with E-state index < -0.39 is 5.92 Å². The molecule has 2 aromatic carbocycles. The van der Waals surface area contributed by atoms with Gasteiger partial charge in [0.2, 0.25) is 5.78 Å². The highest BCUT2D eigenvalue weighted by Gasteiger charge is 2.36. The molecule has 31 heavy (non-hydrogen) atoms. The van der Waals surface area contributed by atoms with E-state index in [2.05, 4.69) is 5.32 Å². The summed E-state index contributed by atoms with van der Waals surface area (Å²) in [5, 5.41) is 15.4. The molecule has 4 rings (SSSR count). The first kappa shape index (κ1) is 21.1. The third kappa shape index (κ3) is 3.61. The summed E-state index contributed by atoms with van der Waals surface area (Å²) in [5.74, 6) is -0.890. The molecule has 0 radical (unpaired) electrons. The van der Waals surface area contributed by atoms with Crippen molar-refractivity contribution in [3.8, 4) is 0 Å². The fourth-order valence-corrected chi connectivity index (χ4v) is 5.37. The maximum Gasteiger partial charge on any atom is 0.205 e. The van der Waals surface area contributed by atoms with Gasteiger partial charge in [-0.15, -0.1) is 11.3 Å². The zero-order valence-corrected chi connectivity index (χ0v) is 18.4. The van der Waals surface area contributed by atoms with Crippen molar-refractivity contribution in [1.29, 1.82) is 0 Å². The average molecular weight is 453 g/mol. The fraction of sp³-hybridized carbons (Fsp3) is 0.130. The Labute approximate surface area is 188 Å². The van der Waals surface area contributed by atoms with Crippen LogP contribution in [0, 0.1) is 5.21 Å². The fourth-order valence-electron chi connectivity index (χ4n) is 3.95. The van der Waals surface area contributed by atoms with E-state index in [9.17, 15) is 14.8 Å². The molecule has 1 aliphatic rings. The molecule has 158 valence electrons. The summed E-state index contributed by atoms with van der Waals surface area (Å²) < 4.78 is 0. The van der Waals surface area contributed by atoms with Crippen molar-refractivity contribution in [2.75, 3.05) is 16.5 Å². The number of thiophene rings is 1. The van der Waals surface area contributed by atoms with Gasteiger partial charge >= 0.3 is 0 Å².